The molecule has 0 aliphatic heterocycles. The van der Waals surface area contributed by atoms with Crippen LogP contribution >= 0.6 is 15.9 Å². The number of carbonyl (C=O) groups is 2. The lowest BCUT2D eigenvalue weighted by atomic mass is 10.2. The zero-order valence-corrected chi connectivity index (χ0v) is 14.6. The molecule has 7 heteroatoms. The van der Waals surface area contributed by atoms with Gasteiger partial charge in [0.25, 0.3) is 5.91 Å². The molecule has 24 heavy (non-hydrogen) atoms. The number of benzene rings is 2. The lowest BCUT2D eigenvalue weighted by Gasteiger charge is -2.14. The molecule has 126 valence electrons. The molecule has 1 N–H and O–H groups in total. The highest BCUT2D eigenvalue weighted by molar-refractivity contribution is 9.10. The molecule has 0 spiro atoms. The van der Waals surface area contributed by atoms with Crippen LogP contribution in [0.1, 0.15) is 17.3 Å². The highest BCUT2D eigenvalue weighted by Crippen LogP contribution is 2.26. The zero-order valence-electron chi connectivity index (χ0n) is 13.0. The first-order chi connectivity index (χ1) is 11.4. The molecule has 0 radical (unpaired) electrons. The smallest absolute Gasteiger partial charge is 0.338 e. The van der Waals surface area contributed by atoms with Gasteiger partial charge < -0.3 is 14.8 Å². The van der Waals surface area contributed by atoms with Gasteiger partial charge in [0.15, 0.2) is 6.10 Å². The number of ether oxygens (including phenoxy) is 2. The van der Waals surface area contributed by atoms with E-state index in [0.29, 0.717) is 10.2 Å². The van der Waals surface area contributed by atoms with Gasteiger partial charge in [-0.15, -0.1) is 0 Å². The number of nitrogens with one attached hydrogen (secondary N) is 1. The van der Waals surface area contributed by atoms with Crippen LogP contribution in [-0.2, 0) is 9.53 Å². The van der Waals surface area contributed by atoms with Crippen LogP contribution in [0.25, 0.3) is 0 Å². The summed E-state index contributed by atoms with van der Waals surface area (Å²) in [6.45, 7) is 1.41. The van der Waals surface area contributed by atoms with Gasteiger partial charge in [-0.3, -0.25) is 4.79 Å². The zero-order chi connectivity index (χ0) is 17.7. The normalized spacial score (nSPS) is 11.5. The number of methoxy groups -OCH3 is 1. The Morgan fingerprint density at radius 2 is 1.92 bits per heavy atom. The summed E-state index contributed by atoms with van der Waals surface area (Å²) in [5.74, 6) is -1.30. The Bertz CT molecular complexity index is 766. The first kappa shape index (κ1) is 17.9. The van der Waals surface area contributed by atoms with Gasteiger partial charge in [-0.05, 0) is 53.2 Å². The number of esters is 1. The number of anilines is 1. The van der Waals surface area contributed by atoms with Crippen LogP contribution in [0.2, 0.25) is 0 Å². The van der Waals surface area contributed by atoms with E-state index < -0.39 is 23.8 Å². The average Bonchev–Trinajstić information content (AvgIpc) is 2.56. The van der Waals surface area contributed by atoms with Crippen molar-refractivity contribution in [1.29, 1.82) is 0 Å². The largest absolute Gasteiger partial charge is 0.496 e. The van der Waals surface area contributed by atoms with Gasteiger partial charge in [-0.1, -0.05) is 12.1 Å². The predicted molar refractivity (Wildman–Crippen MR) is 90.6 cm³/mol. The highest BCUT2D eigenvalue weighted by Gasteiger charge is 2.20. The van der Waals surface area contributed by atoms with Crippen molar-refractivity contribution in [2.45, 2.75) is 13.0 Å². The topological polar surface area (TPSA) is 64.6 Å². The maximum absolute atomic E-state index is 13.5. The Morgan fingerprint density at radius 1 is 1.21 bits per heavy atom. The molecule has 0 heterocycles. The van der Waals surface area contributed by atoms with Crippen LogP contribution in [0.15, 0.2) is 46.9 Å². The van der Waals surface area contributed by atoms with Crippen LogP contribution in [0.3, 0.4) is 0 Å². The molecule has 0 fully saturated rings. The number of halogens is 2. The number of carbonyl (C=O) groups excluding carboxylic acids is 2. The molecule has 2 aromatic carbocycles. The number of amides is 1. The quantitative estimate of drug-likeness (QED) is 0.782. The monoisotopic (exact) mass is 395 g/mol. The molecule has 0 aromatic heterocycles. The van der Waals surface area contributed by atoms with E-state index in [4.69, 9.17) is 9.47 Å². The minimum atomic E-state index is -1.09. The van der Waals surface area contributed by atoms with Gasteiger partial charge in [-0.25, -0.2) is 9.18 Å². The van der Waals surface area contributed by atoms with Crippen molar-refractivity contribution in [1.82, 2.24) is 0 Å². The molecule has 0 bridgehead atoms. The van der Waals surface area contributed by atoms with Crippen molar-refractivity contribution in [3.05, 3.63) is 58.3 Å². The van der Waals surface area contributed by atoms with Crippen molar-refractivity contribution >= 4 is 33.5 Å². The number of para-hydroxylation sites is 1. The molecule has 0 aliphatic carbocycles. The van der Waals surface area contributed by atoms with Crippen molar-refractivity contribution in [3.63, 3.8) is 0 Å². The minimum Gasteiger partial charge on any atom is -0.496 e. The van der Waals surface area contributed by atoms with E-state index in [2.05, 4.69) is 21.2 Å². The van der Waals surface area contributed by atoms with E-state index >= 15 is 0 Å². The molecular weight excluding hydrogens is 381 g/mol. The molecule has 2 rings (SSSR count). The molecule has 0 saturated carbocycles. The van der Waals surface area contributed by atoms with Crippen molar-refractivity contribution in [2.24, 2.45) is 0 Å². The van der Waals surface area contributed by atoms with Gasteiger partial charge in [0.2, 0.25) is 0 Å². The number of rotatable bonds is 5. The maximum atomic E-state index is 13.5. The van der Waals surface area contributed by atoms with E-state index in [9.17, 15) is 14.0 Å². The average molecular weight is 396 g/mol. The lowest BCUT2D eigenvalue weighted by molar-refractivity contribution is -0.123. The fourth-order valence-corrected chi connectivity index (χ4v) is 2.41. The highest BCUT2D eigenvalue weighted by atomic mass is 79.9. The second-order valence-corrected chi connectivity index (χ2v) is 5.72. The van der Waals surface area contributed by atoms with Crippen LogP contribution in [0.4, 0.5) is 10.1 Å². The first-order valence-corrected chi connectivity index (χ1v) is 7.81. The molecule has 0 aliphatic rings. The summed E-state index contributed by atoms with van der Waals surface area (Å²) >= 11 is 3.27. The third-order valence-corrected chi connectivity index (χ3v) is 3.79. The minimum absolute atomic E-state index is 0.0255. The van der Waals surface area contributed by atoms with Crippen LogP contribution < -0.4 is 10.1 Å². The SMILES string of the molecule is COc1ccc(C(=O)OC(C)C(=O)Nc2ccccc2F)cc1Br. The number of hydrogen-bond acceptors (Lipinski definition) is 4. The second-order valence-electron chi connectivity index (χ2n) is 4.87. The van der Waals surface area contributed by atoms with Gasteiger partial charge in [0.1, 0.15) is 11.6 Å². The van der Waals surface area contributed by atoms with Gasteiger partial charge >= 0.3 is 5.97 Å². The van der Waals surface area contributed by atoms with Crippen LogP contribution in [0, 0.1) is 5.82 Å². The summed E-state index contributed by atoms with van der Waals surface area (Å²) in [6.07, 6.45) is -1.09. The predicted octanol–water partition coefficient (Wildman–Crippen LogP) is 3.78. The molecule has 1 unspecified atom stereocenters. The molecular formula is C17H15BrFNO4. The molecule has 5 nitrogen and oxygen atoms in total. The maximum Gasteiger partial charge on any atom is 0.338 e. The molecule has 1 amide bonds. The fourth-order valence-electron chi connectivity index (χ4n) is 1.87. The summed E-state index contributed by atoms with van der Waals surface area (Å²) < 4.78 is 24.3. The van der Waals surface area contributed by atoms with E-state index in [-0.39, 0.29) is 11.3 Å². The summed E-state index contributed by atoms with van der Waals surface area (Å²) in [7, 11) is 1.51. The van der Waals surface area contributed by atoms with Crippen LogP contribution in [-0.4, -0.2) is 25.1 Å². The van der Waals surface area contributed by atoms with E-state index in [1.54, 1.807) is 12.1 Å². The van der Waals surface area contributed by atoms with Gasteiger partial charge in [-0.2, -0.15) is 0 Å². The Morgan fingerprint density at radius 3 is 2.54 bits per heavy atom. The number of hydrogen-bond donors (Lipinski definition) is 1. The Hall–Kier alpha value is -2.41. The standard InChI is InChI=1S/C17H15BrFNO4/c1-10(16(21)20-14-6-4-3-5-13(14)19)24-17(22)11-7-8-15(23-2)12(18)9-11/h3-10H,1-2H3,(H,20,21). The van der Waals surface area contributed by atoms with Crippen molar-refractivity contribution in [3.8, 4) is 5.75 Å². The molecule has 1 atom stereocenters. The molecule has 2 aromatic rings. The Balaban J connectivity index is 2.02. The third-order valence-electron chi connectivity index (χ3n) is 3.17. The lowest BCUT2D eigenvalue weighted by Crippen LogP contribution is -2.30. The van der Waals surface area contributed by atoms with Gasteiger partial charge in [0, 0.05) is 0 Å². The van der Waals surface area contributed by atoms with Crippen LogP contribution in [0.5, 0.6) is 5.75 Å². The van der Waals surface area contributed by atoms with Crippen molar-refractivity contribution in [2.75, 3.05) is 12.4 Å². The first-order valence-electron chi connectivity index (χ1n) is 7.02. The second kappa shape index (κ2) is 7.92. The van der Waals surface area contributed by atoms with Gasteiger partial charge in [0.05, 0.1) is 22.8 Å². The summed E-state index contributed by atoms with van der Waals surface area (Å²) in [6, 6.07) is 10.4. The molecule has 0 saturated heterocycles. The Kier molecular flexibility index (Phi) is 5.92. The van der Waals surface area contributed by atoms with Crippen molar-refractivity contribution < 1.29 is 23.5 Å². The van der Waals surface area contributed by atoms with E-state index in [1.807, 2.05) is 0 Å². The third kappa shape index (κ3) is 4.32. The summed E-state index contributed by atoms with van der Waals surface area (Å²) in [4.78, 5) is 24.1. The summed E-state index contributed by atoms with van der Waals surface area (Å²) in [5, 5.41) is 2.38. The van der Waals surface area contributed by atoms with E-state index in [0.717, 1.165) is 0 Å². The fraction of sp³-hybridized carbons (Fsp3) is 0.176. The van der Waals surface area contributed by atoms with E-state index in [1.165, 1.54) is 44.4 Å². The summed E-state index contributed by atoms with van der Waals surface area (Å²) in [5.41, 5.74) is 0.283. The Labute approximate surface area is 146 Å².